The standard InChI is InChI=1S/C23H22N6/c1-3-28-15-24-13-18(28)14-29-16-25-21(17-9-5-4-6-10-17)22(29)23-26-19-11-7-8-12-20(19)27(23)2/h4-13,15-16H,3,14H2,1-2H3. The summed E-state index contributed by atoms with van der Waals surface area (Å²) >= 11 is 0. The van der Waals surface area contributed by atoms with Crippen LogP contribution in [0.2, 0.25) is 0 Å². The third kappa shape index (κ3) is 2.93. The number of aryl methyl sites for hydroxylation is 2. The van der Waals surface area contributed by atoms with E-state index in [2.05, 4.69) is 50.9 Å². The zero-order valence-electron chi connectivity index (χ0n) is 16.5. The minimum absolute atomic E-state index is 0.687. The molecule has 0 saturated carbocycles. The Labute approximate surface area is 169 Å². The summed E-state index contributed by atoms with van der Waals surface area (Å²) in [6.07, 6.45) is 5.70. The molecule has 3 heterocycles. The molecular formula is C23H22N6. The normalized spacial score (nSPS) is 11.4. The Kier molecular flexibility index (Phi) is 4.24. The van der Waals surface area contributed by atoms with Gasteiger partial charge in [0.15, 0.2) is 5.82 Å². The molecule has 0 bridgehead atoms. The van der Waals surface area contributed by atoms with Crippen LogP contribution in [-0.2, 0) is 20.1 Å². The van der Waals surface area contributed by atoms with Gasteiger partial charge in [-0.05, 0) is 19.1 Å². The van der Waals surface area contributed by atoms with Gasteiger partial charge in [-0.25, -0.2) is 15.0 Å². The highest BCUT2D eigenvalue weighted by molar-refractivity contribution is 5.84. The first kappa shape index (κ1) is 17.4. The number of fused-ring (bicyclic) bond motifs is 1. The maximum absolute atomic E-state index is 4.95. The van der Waals surface area contributed by atoms with Gasteiger partial charge in [-0.2, -0.15) is 0 Å². The van der Waals surface area contributed by atoms with Gasteiger partial charge >= 0.3 is 0 Å². The summed E-state index contributed by atoms with van der Waals surface area (Å²) in [4.78, 5) is 14.1. The number of para-hydroxylation sites is 2. The van der Waals surface area contributed by atoms with Gasteiger partial charge in [-0.15, -0.1) is 0 Å². The second kappa shape index (κ2) is 7.05. The molecule has 6 heteroatoms. The van der Waals surface area contributed by atoms with E-state index in [1.54, 1.807) is 0 Å². The molecule has 144 valence electrons. The first-order chi connectivity index (χ1) is 14.3. The Hall–Kier alpha value is -3.67. The molecule has 0 saturated heterocycles. The Morgan fingerprint density at radius 3 is 2.48 bits per heavy atom. The highest BCUT2D eigenvalue weighted by Gasteiger charge is 2.21. The number of hydrogen-bond donors (Lipinski definition) is 0. The van der Waals surface area contributed by atoms with Crippen molar-refractivity contribution in [2.24, 2.45) is 7.05 Å². The van der Waals surface area contributed by atoms with Crippen LogP contribution in [0.25, 0.3) is 33.8 Å². The minimum Gasteiger partial charge on any atom is -0.333 e. The number of aromatic nitrogens is 6. The molecule has 0 aliphatic carbocycles. The molecule has 0 N–H and O–H groups in total. The van der Waals surface area contributed by atoms with Crippen LogP contribution in [0.4, 0.5) is 0 Å². The lowest BCUT2D eigenvalue weighted by molar-refractivity contribution is 0.669. The second-order valence-electron chi connectivity index (χ2n) is 7.09. The molecular weight excluding hydrogens is 360 g/mol. The molecule has 0 aliphatic heterocycles. The van der Waals surface area contributed by atoms with Gasteiger partial charge in [-0.3, -0.25) is 0 Å². The molecule has 0 amide bonds. The summed E-state index contributed by atoms with van der Waals surface area (Å²) in [6, 6.07) is 18.5. The number of nitrogens with zero attached hydrogens (tertiary/aromatic N) is 6. The Morgan fingerprint density at radius 2 is 1.69 bits per heavy atom. The molecule has 0 fully saturated rings. The molecule has 29 heavy (non-hydrogen) atoms. The van der Waals surface area contributed by atoms with Crippen molar-refractivity contribution in [1.82, 2.24) is 28.7 Å². The second-order valence-corrected chi connectivity index (χ2v) is 7.09. The van der Waals surface area contributed by atoms with Gasteiger partial charge in [0.05, 0.1) is 41.6 Å². The molecule has 0 aliphatic rings. The van der Waals surface area contributed by atoms with Gasteiger partial charge in [0.2, 0.25) is 0 Å². The van der Waals surface area contributed by atoms with E-state index in [-0.39, 0.29) is 0 Å². The largest absolute Gasteiger partial charge is 0.333 e. The lowest BCUT2D eigenvalue weighted by atomic mass is 10.1. The van der Waals surface area contributed by atoms with E-state index in [4.69, 9.17) is 9.97 Å². The van der Waals surface area contributed by atoms with Crippen LogP contribution >= 0.6 is 0 Å². The van der Waals surface area contributed by atoms with Gasteiger partial charge in [0, 0.05) is 25.4 Å². The molecule has 3 aromatic heterocycles. The molecule has 6 nitrogen and oxygen atoms in total. The van der Waals surface area contributed by atoms with E-state index in [9.17, 15) is 0 Å². The predicted molar refractivity (Wildman–Crippen MR) is 114 cm³/mol. The quantitative estimate of drug-likeness (QED) is 0.454. The Morgan fingerprint density at radius 1 is 0.897 bits per heavy atom. The maximum atomic E-state index is 4.95. The van der Waals surface area contributed by atoms with Crippen molar-refractivity contribution in [2.45, 2.75) is 20.0 Å². The lowest BCUT2D eigenvalue weighted by Crippen LogP contribution is -2.08. The fourth-order valence-electron chi connectivity index (χ4n) is 3.84. The highest BCUT2D eigenvalue weighted by Crippen LogP contribution is 2.32. The summed E-state index contributed by atoms with van der Waals surface area (Å²) in [7, 11) is 2.06. The number of hydrogen-bond acceptors (Lipinski definition) is 3. The van der Waals surface area contributed by atoms with Crippen LogP contribution in [-0.4, -0.2) is 28.7 Å². The van der Waals surface area contributed by atoms with Crippen LogP contribution < -0.4 is 0 Å². The van der Waals surface area contributed by atoms with Crippen molar-refractivity contribution in [3.63, 3.8) is 0 Å². The van der Waals surface area contributed by atoms with Crippen LogP contribution in [0, 0.1) is 0 Å². The van der Waals surface area contributed by atoms with E-state index in [1.807, 2.05) is 55.2 Å². The van der Waals surface area contributed by atoms with E-state index < -0.39 is 0 Å². The van der Waals surface area contributed by atoms with Gasteiger partial charge in [-0.1, -0.05) is 42.5 Å². The molecule has 0 unspecified atom stereocenters. The molecule has 5 rings (SSSR count). The minimum atomic E-state index is 0.687. The Bertz CT molecular complexity index is 1280. The van der Waals surface area contributed by atoms with Crippen molar-refractivity contribution >= 4 is 11.0 Å². The first-order valence-electron chi connectivity index (χ1n) is 9.77. The summed E-state index contributed by atoms with van der Waals surface area (Å²) in [5.41, 5.74) is 6.26. The van der Waals surface area contributed by atoms with Crippen LogP contribution in [0.1, 0.15) is 12.6 Å². The molecule has 2 aromatic carbocycles. The van der Waals surface area contributed by atoms with Crippen molar-refractivity contribution in [3.05, 3.63) is 79.1 Å². The zero-order valence-corrected chi connectivity index (χ0v) is 16.5. The third-order valence-electron chi connectivity index (χ3n) is 5.36. The van der Waals surface area contributed by atoms with Crippen LogP contribution in [0.5, 0.6) is 0 Å². The van der Waals surface area contributed by atoms with E-state index in [1.165, 1.54) is 0 Å². The average molecular weight is 382 g/mol. The number of benzene rings is 2. The molecule has 0 radical (unpaired) electrons. The number of imidazole rings is 3. The molecule has 0 atom stereocenters. The van der Waals surface area contributed by atoms with Crippen molar-refractivity contribution < 1.29 is 0 Å². The SMILES string of the molecule is CCn1cncc1Cn1cnc(-c2ccccc2)c1-c1nc2ccccc2n1C. The van der Waals surface area contributed by atoms with Crippen molar-refractivity contribution in [2.75, 3.05) is 0 Å². The fourth-order valence-corrected chi connectivity index (χ4v) is 3.84. The van der Waals surface area contributed by atoms with Gasteiger partial charge < -0.3 is 13.7 Å². The van der Waals surface area contributed by atoms with Crippen LogP contribution in [0.3, 0.4) is 0 Å². The average Bonchev–Trinajstić information content (AvgIpc) is 3.47. The summed E-state index contributed by atoms with van der Waals surface area (Å²) < 4.78 is 6.47. The molecule has 0 spiro atoms. The van der Waals surface area contributed by atoms with Gasteiger partial charge in [0.1, 0.15) is 5.69 Å². The fraction of sp³-hybridized carbons (Fsp3) is 0.174. The van der Waals surface area contributed by atoms with Crippen molar-refractivity contribution in [3.8, 4) is 22.8 Å². The van der Waals surface area contributed by atoms with Crippen LogP contribution in [0.15, 0.2) is 73.4 Å². The summed E-state index contributed by atoms with van der Waals surface area (Å²) in [5, 5.41) is 0. The Balaban J connectivity index is 1.72. The van der Waals surface area contributed by atoms with Gasteiger partial charge in [0.25, 0.3) is 0 Å². The summed E-state index contributed by atoms with van der Waals surface area (Å²) in [6.45, 7) is 3.70. The predicted octanol–water partition coefficient (Wildman–Crippen LogP) is 4.37. The zero-order chi connectivity index (χ0) is 19.8. The monoisotopic (exact) mass is 382 g/mol. The first-order valence-corrected chi connectivity index (χ1v) is 9.77. The smallest absolute Gasteiger partial charge is 0.159 e. The summed E-state index contributed by atoms with van der Waals surface area (Å²) in [5.74, 6) is 0.908. The van der Waals surface area contributed by atoms with E-state index in [0.29, 0.717) is 6.54 Å². The van der Waals surface area contributed by atoms with E-state index in [0.717, 1.165) is 46.0 Å². The van der Waals surface area contributed by atoms with E-state index >= 15 is 0 Å². The third-order valence-corrected chi connectivity index (χ3v) is 5.36. The lowest BCUT2D eigenvalue weighted by Gasteiger charge is -2.12. The number of rotatable bonds is 5. The topological polar surface area (TPSA) is 53.5 Å². The maximum Gasteiger partial charge on any atom is 0.159 e. The molecule has 5 aromatic rings. The van der Waals surface area contributed by atoms with Crippen molar-refractivity contribution in [1.29, 1.82) is 0 Å². The highest BCUT2D eigenvalue weighted by atomic mass is 15.2.